The molecule has 0 aliphatic heterocycles. The van der Waals surface area contributed by atoms with Gasteiger partial charge in [-0.3, -0.25) is 15.0 Å². The van der Waals surface area contributed by atoms with E-state index < -0.39 is 24.4 Å². The Hall–Kier alpha value is -4.77. The molecule has 3 aromatic rings. The van der Waals surface area contributed by atoms with Crippen molar-refractivity contribution in [2.24, 2.45) is 11.5 Å². The molecule has 3 rings (SSSR count). The van der Waals surface area contributed by atoms with Gasteiger partial charge in [0.2, 0.25) is 5.91 Å². The number of primary amides is 1. The Bertz CT molecular complexity index is 1380. The highest BCUT2D eigenvalue weighted by Crippen LogP contribution is 2.34. The van der Waals surface area contributed by atoms with E-state index in [0.29, 0.717) is 27.5 Å². The summed E-state index contributed by atoms with van der Waals surface area (Å²) in [4.78, 5) is 36.1. The molecular formula is C26H26ClN5O6. The van der Waals surface area contributed by atoms with Crippen LogP contribution in [0.3, 0.4) is 0 Å². The zero-order valence-corrected chi connectivity index (χ0v) is 21.1. The molecule has 0 saturated heterocycles. The van der Waals surface area contributed by atoms with E-state index in [0.717, 1.165) is 0 Å². The average molecular weight is 540 g/mol. The molecule has 0 aromatic heterocycles. The van der Waals surface area contributed by atoms with Crippen LogP contribution in [0.25, 0.3) is 0 Å². The number of nitrogens with two attached hydrogens (primary N) is 2. The Labute approximate surface area is 223 Å². The summed E-state index contributed by atoms with van der Waals surface area (Å²) in [6.45, 7) is 1.33. The van der Waals surface area contributed by atoms with Crippen LogP contribution < -0.4 is 31.6 Å². The molecule has 0 aliphatic rings. The number of nitrogen functional groups attached to an aromatic ring is 1. The first-order valence-corrected chi connectivity index (χ1v) is 11.7. The molecule has 0 bridgehead atoms. The van der Waals surface area contributed by atoms with Crippen molar-refractivity contribution in [3.8, 4) is 11.5 Å². The van der Waals surface area contributed by atoms with E-state index >= 15 is 0 Å². The molecule has 0 atom stereocenters. The second kappa shape index (κ2) is 12.5. The number of amidine groups is 1. The zero-order chi connectivity index (χ0) is 27.8. The zero-order valence-electron chi connectivity index (χ0n) is 20.3. The standard InChI is InChI=1S/C26H26ClN5O6/c1-2-37-21-10-15(25(30)35)9-16(23(21)38-13-22(33)34)12-31-20-8-5-17(27)11-19(20)26(36)32-18-6-3-14(4-7-18)24(28)29/h3-11,31H,2,12-13H2,1H3,(H3,28,29)(H2,30,35)(H,32,36)(H,33,34). The summed E-state index contributed by atoms with van der Waals surface area (Å²) in [5.74, 6) is -2.18. The number of ether oxygens (including phenoxy) is 2. The van der Waals surface area contributed by atoms with Gasteiger partial charge in [-0.05, 0) is 61.5 Å². The lowest BCUT2D eigenvalue weighted by Crippen LogP contribution is -2.17. The van der Waals surface area contributed by atoms with Gasteiger partial charge in [-0.25, -0.2) is 4.79 Å². The monoisotopic (exact) mass is 539 g/mol. The third-order valence-corrected chi connectivity index (χ3v) is 5.44. The maximum Gasteiger partial charge on any atom is 0.341 e. The van der Waals surface area contributed by atoms with Crippen molar-refractivity contribution in [2.45, 2.75) is 13.5 Å². The van der Waals surface area contributed by atoms with E-state index in [-0.39, 0.29) is 41.6 Å². The predicted octanol–water partition coefficient (Wildman–Crippen LogP) is 3.45. The van der Waals surface area contributed by atoms with Crippen molar-refractivity contribution in [1.82, 2.24) is 0 Å². The second-order valence-electron chi connectivity index (χ2n) is 7.93. The van der Waals surface area contributed by atoms with E-state index in [4.69, 9.17) is 43.1 Å². The average Bonchev–Trinajstić information content (AvgIpc) is 2.87. The Balaban J connectivity index is 1.91. The number of hydrogen-bond donors (Lipinski definition) is 6. The van der Waals surface area contributed by atoms with Crippen LogP contribution in [0.4, 0.5) is 11.4 Å². The van der Waals surface area contributed by atoms with Crippen LogP contribution in [0.15, 0.2) is 54.6 Å². The topological polar surface area (TPSA) is 190 Å². The minimum Gasteiger partial charge on any atom is -0.490 e. The number of halogens is 1. The Morgan fingerprint density at radius 1 is 1.00 bits per heavy atom. The van der Waals surface area contributed by atoms with Crippen molar-refractivity contribution in [2.75, 3.05) is 23.8 Å². The van der Waals surface area contributed by atoms with Crippen LogP contribution >= 0.6 is 11.6 Å². The fourth-order valence-corrected chi connectivity index (χ4v) is 3.65. The number of rotatable bonds is 12. The molecule has 0 unspecified atom stereocenters. The van der Waals surface area contributed by atoms with Crippen molar-refractivity contribution in [3.05, 3.63) is 81.9 Å². The van der Waals surface area contributed by atoms with E-state index in [1.807, 2.05) is 0 Å². The number of aliphatic carboxylic acids is 1. The van der Waals surface area contributed by atoms with Gasteiger partial charge in [0.05, 0.1) is 12.2 Å². The van der Waals surface area contributed by atoms with Crippen molar-refractivity contribution >= 4 is 46.6 Å². The predicted molar refractivity (Wildman–Crippen MR) is 143 cm³/mol. The van der Waals surface area contributed by atoms with Gasteiger partial charge >= 0.3 is 5.97 Å². The van der Waals surface area contributed by atoms with Gasteiger partial charge in [-0.2, -0.15) is 0 Å². The molecule has 11 nitrogen and oxygen atoms in total. The lowest BCUT2D eigenvalue weighted by Gasteiger charge is -2.18. The Morgan fingerprint density at radius 2 is 1.71 bits per heavy atom. The summed E-state index contributed by atoms with van der Waals surface area (Å²) < 4.78 is 11.0. The molecule has 0 saturated carbocycles. The summed E-state index contributed by atoms with van der Waals surface area (Å²) in [5, 5.41) is 22.8. The highest BCUT2D eigenvalue weighted by atomic mass is 35.5. The first-order chi connectivity index (χ1) is 18.1. The third-order valence-electron chi connectivity index (χ3n) is 5.21. The van der Waals surface area contributed by atoms with Crippen LogP contribution in [-0.2, 0) is 11.3 Å². The Kier molecular flexibility index (Phi) is 9.12. The molecule has 2 amide bonds. The summed E-state index contributed by atoms with van der Waals surface area (Å²) in [6.07, 6.45) is 0. The van der Waals surface area contributed by atoms with Gasteiger partial charge in [0.15, 0.2) is 18.1 Å². The lowest BCUT2D eigenvalue weighted by molar-refractivity contribution is -0.139. The summed E-state index contributed by atoms with van der Waals surface area (Å²) >= 11 is 6.16. The number of benzene rings is 3. The van der Waals surface area contributed by atoms with Gasteiger partial charge in [0, 0.05) is 39.6 Å². The van der Waals surface area contributed by atoms with E-state index in [1.54, 1.807) is 43.3 Å². The van der Waals surface area contributed by atoms with Crippen molar-refractivity contribution in [3.63, 3.8) is 0 Å². The van der Waals surface area contributed by atoms with Crippen LogP contribution in [0.2, 0.25) is 5.02 Å². The van der Waals surface area contributed by atoms with Crippen molar-refractivity contribution < 1.29 is 29.0 Å². The smallest absolute Gasteiger partial charge is 0.341 e. The molecule has 12 heteroatoms. The van der Waals surface area contributed by atoms with E-state index in [9.17, 15) is 14.4 Å². The number of hydrogen-bond acceptors (Lipinski definition) is 7. The number of nitrogens with one attached hydrogen (secondary N) is 3. The number of carbonyl (C=O) groups is 3. The number of carboxylic acid groups (broad SMARTS) is 1. The summed E-state index contributed by atoms with van der Waals surface area (Å²) in [7, 11) is 0. The molecule has 0 aliphatic carbocycles. The van der Waals surface area contributed by atoms with Gasteiger partial charge in [-0.15, -0.1) is 0 Å². The van der Waals surface area contributed by atoms with Gasteiger partial charge < -0.3 is 36.7 Å². The number of anilines is 2. The third kappa shape index (κ3) is 7.14. The normalized spacial score (nSPS) is 10.4. The molecule has 198 valence electrons. The summed E-state index contributed by atoms with van der Waals surface area (Å²) in [5.41, 5.74) is 13.1. The maximum absolute atomic E-state index is 13.1. The minimum absolute atomic E-state index is 0.0192. The number of amides is 2. The number of carboxylic acids is 1. The van der Waals surface area contributed by atoms with E-state index in [2.05, 4.69) is 10.6 Å². The first-order valence-electron chi connectivity index (χ1n) is 11.3. The highest BCUT2D eigenvalue weighted by Gasteiger charge is 2.19. The number of carbonyl (C=O) groups excluding carboxylic acids is 2. The van der Waals surface area contributed by atoms with Crippen LogP contribution in [0, 0.1) is 5.41 Å². The molecule has 0 radical (unpaired) electrons. The molecule has 3 aromatic carbocycles. The molecule has 0 spiro atoms. The van der Waals surface area contributed by atoms with Gasteiger partial charge in [0.25, 0.3) is 5.91 Å². The summed E-state index contributed by atoms with van der Waals surface area (Å²) in [6, 6.07) is 14.0. The highest BCUT2D eigenvalue weighted by molar-refractivity contribution is 6.31. The fraction of sp³-hybridized carbons (Fsp3) is 0.154. The SMILES string of the molecule is CCOc1cc(C(N)=O)cc(CNc2ccc(Cl)cc2C(=O)Nc2ccc(C(=N)N)cc2)c1OCC(=O)O. The quantitative estimate of drug-likeness (QED) is 0.149. The lowest BCUT2D eigenvalue weighted by atomic mass is 10.1. The molecular weight excluding hydrogens is 514 g/mol. The second-order valence-corrected chi connectivity index (χ2v) is 8.37. The van der Waals surface area contributed by atoms with Crippen LogP contribution in [-0.4, -0.2) is 41.9 Å². The molecule has 8 N–H and O–H groups in total. The van der Waals surface area contributed by atoms with Gasteiger partial charge in [0.1, 0.15) is 5.84 Å². The van der Waals surface area contributed by atoms with Crippen LogP contribution in [0.1, 0.15) is 38.8 Å². The molecule has 0 heterocycles. The van der Waals surface area contributed by atoms with Gasteiger partial charge in [-0.1, -0.05) is 11.6 Å². The largest absolute Gasteiger partial charge is 0.490 e. The van der Waals surface area contributed by atoms with Crippen LogP contribution in [0.5, 0.6) is 11.5 Å². The molecule has 0 fully saturated rings. The fourth-order valence-electron chi connectivity index (χ4n) is 3.47. The first kappa shape index (κ1) is 27.8. The minimum atomic E-state index is -1.20. The van der Waals surface area contributed by atoms with Crippen molar-refractivity contribution in [1.29, 1.82) is 5.41 Å². The Morgan fingerprint density at radius 3 is 2.32 bits per heavy atom. The van der Waals surface area contributed by atoms with E-state index in [1.165, 1.54) is 18.2 Å². The maximum atomic E-state index is 13.1. The molecule has 38 heavy (non-hydrogen) atoms.